The maximum absolute atomic E-state index is 13.2. The van der Waals surface area contributed by atoms with E-state index >= 15 is 0 Å². The van der Waals surface area contributed by atoms with Crippen LogP contribution in [0.15, 0.2) is 23.1 Å². The summed E-state index contributed by atoms with van der Waals surface area (Å²) in [6, 6.07) is 3.09. The largest absolute Gasteiger partial charge is 0.398 e. The van der Waals surface area contributed by atoms with Gasteiger partial charge < -0.3 is 11.1 Å². The molecule has 1 aromatic carbocycles. The fourth-order valence-corrected chi connectivity index (χ4v) is 3.01. The number of nitrogens with two attached hydrogens (primary N) is 1. The number of benzene rings is 1. The molecular weight excluding hydrogens is 273 g/mol. The maximum atomic E-state index is 13.2. The van der Waals surface area contributed by atoms with Crippen molar-refractivity contribution in [2.24, 2.45) is 0 Å². The number of likely N-dealkylation sites (N-methyl/N-ethyl adjacent to an activating group) is 2. The van der Waals surface area contributed by atoms with Crippen molar-refractivity contribution in [1.82, 2.24) is 9.62 Å². The highest BCUT2D eigenvalue weighted by molar-refractivity contribution is 7.89. The first-order chi connectivity index (χ1) is 8.82. The fraction of sp³-hybridized carbons (Fsp3) is 0.364. The van der Waals surface area contributed by atoms with Crippen LogP contribution in [-0.2, 0) is 14.8 Å². The van der Waals surface area contributed by atoms with Crippen LogP contribution in [0.1, 0.15) is 6.92 Å². The maximum Gasteiger partial charge on any atom is 0.245 e. The molecule has 0 unspecified atom stereocenters. The van der Waals surface area contributed by atoms with E-state index in [9.17, 15) is 17.6 Å². The summed E-state index contributed by atoms with van der Waals surface area (Å²) in [6.07, 6.45) is 0. The summed E-state index contributed by atoms with van der Waals surface area (Å²) >= 11 is 0. The zero-order chi connectivity index (χ0) is 14.6. The van der Waals surface area contributed by atoms with E-state index in [1.54, 1.807) is 6.92 Å². The third-order valence-corrected chi connectivity index (χ3v) is 4.52. The molecule has 0 bridgehead atoms. The Hall–Kier alpha value is -1.67. The minimum atomic E-state index is -4.00. The number of rotatable bonds is 5. The van der Waals surface area contributed by atoms with Crippen LogP contribution >= 0.6 is 0 Å². The van der Waals surface area contributed by atoms with Gasteiger partial charge >= 0.3 is 0 Å². The van der Waals surface area contributed by atoms with Gasteiger partial charge in [-0.1, -0.05) is 6.92 Å². The van der Waals surface area contributed by atoms with Crippen LogP contribution in [0.25, 0.3) is 0 Å². The van der Waals surface area contributed by atoms with Gasteiger partial charge in [0.1, 0.15) is 10.7 Å². The summed E-state index contributed by atoms with van der Waals surface area (Å²) in [5.41, 5.74) is 5.50. The number of nitrogens with zero attached hydrogens (tertiary/aromatic N) is 1. The number of hydrogen-bond donors (Lipinski definition) is 2. The van der Waals surface area contributed by atoms with Crippen molar-refractivity contribution in [3.63, 3.8) is 0 Å². The molecule has 0 aliphatic heterocycles. The number of amides is 1. The zero-order valence-corrected chi connectivity index (χ0v) is 11.5. The molecule has 0 radical (unpaired) electrons. The molecule has 0 aliphatic rings. The molecule has 19 heavy (non-hydrogen) atoms. The molecule has 8 heteroatoms. The highest BCUT2D eigenvalue weighted by atomic mass is 32.2. The number of nitrogens with one attached hydrogen (secondary N) is 1. The Kier molecular flexibility index (Phi) is 4.84. The normalized spacial score (nSPS) is 11.6. The molecule has 0 aliphatic carbocycles. The zero-order valence-electron chi connectivity index (χ0n) is 10.7. The van der Waals surface area contributed by atoms with Crippen LogP contribution in [0, 0.1) is 5.82 Å². The standard InChI is InChI=1S/C11H16FN3O3S/c1-3-15(7-11(16)14-2)19(17,18)10-6-8(12)4-5-9(10)13/h4-6H,3,7,13H2,1-2H3,(H,14,16). The van der Waals surface area contributed by atoms with E-state index in [0.29, 0.717) is 0 Å². The summed E-state index contributed by atoms with van der Waals surface area (Å²) in [4.78, 5) is 11.0. The number of carbonyl (C=O) groups excluding carboxylic acids is 1. The predicted octanol–water partition coefficient (Wildman–Crippen LogP) is 0.165. The topological polar surface area (TPSA) is 92.5 Å². The molecule has 106 valence electrons. The Balaban J connectivity index is 3.20. The SMILES string of the molecule is CCN(CC(=O)NC)S(=O)(=O)c1cc(F)ccc1N. The Labute approximate surface area is 111 Å². The quantitative estimate of drug-likeness (QED) is 0.755. The molecule has 1 rings (SSSR count). The molecule has 0 spiro atoms. The first-order valence-electron chi connectivity index (χ1n) is 5.58. The second-order valence-corrected chi connectivity index (χ2v) is 5.69. The number of hydrogen-bond acceptors (Lipinski definition) is 4. The molecule has 0 fully saturated rings. The van der Waals surface area contributed by atoms with Crippen LogP contribution in [0.5, 0.6) is 0 Å². The van der Waals surface area contributed by atoms with Crippen LogP contribution in [0.4, 0.5) is 10.1 Å². The third-order valence-electron chi connectivity index (χ3n) is 2.54. The van der Waals surface area contributed by atoms with Gasteiger partial charge in [-0.05, 0) is 18.2 Å². The third kappa shape index (κ3) is 3.42. The Bertz CT molecular complexity index is 575. The van der Waals surface area contributed by atoms with Crippen molar-refractivity contribution in [2.45, 2.75) is 11.8 Å². The summed E-state index contributed by atoms with van der Waals surface area (Å²) in [7, 11) is -2.60. The van der Waals surface area contributed by atoms with Gasteiger partial charge in [0.05, 0.1) is 12.2 Å². The van der Waals surface area contributed by atoms with E-state index in [1.165, 1.54) is 13.1 Å². The molecule has 1 amide bonds. The summed E-state index contributed by atoms with van der Waals surface area (Å²) in [5.74, 6) is -1.16. The van der Waals surface area contributed by atoms with Gasteiger partial charge in [0.2, 0.25) is 15.9 Å². The van der Waals surface area contributed by atoms with Gasteiger partial charge in [-0.3, -0.25) is 4.79 Å². The van der Waals surface area contributed by atoms with E-state index in [2.05, 4.69) is 5.32 Å². The van der Waals surface area contributed by atoms with Crippen molar-refractivity contribution < 1.29 is 17.6 Å². The van der Waals surface area contributed by atoms with E-state index in [-0.39, 0.29) is 23.7 Å². The molecule has 3 N–H and O–H groups in total. The number of anilines is 1. The Morgan fingerprint density at radius 1 is 1.47 bits per heavy atom. The smallest absolute Gasteiger partial charge is 0.245 e. The first-order valence-corrected chi connectivity index (χ1v) is 7.02. The monoisotopic (exact) mass is 289 g/mol. The highest BCUT2D eigenvalue weighted by Gasteiger charge is 2.27. The van der Waals surface area contributed by atoms with Gasteiger partial charge in [0.15, 0.2) is 0 Å². The molecule has 0 atom stereocenters. The summed E-state index contributed by atoms with van der Waals surface area (Å²) in [6.45, 7) is 1.31. The average Bonchev–Trinajstić information content (AvgIpc) is 2.37. The number of sulfonamides is 1. The lowest BCUT2D eigenvalue weighted by molar-refractivity contribution is -0.120. The van der Waals surface area contributed by atoms with Crippen molar-refractivity contribution in [1.29, 1.82) is 0 Å². The minimum Gasteiger partial charge on any atom is -0.398 e. The molecular formula is C11H16FN3O3S. The second-order valence-electron chi connectivity index (χ2n) is 3.79. The lowest BCUT2D eigenvalue weighted by Crippen LogP contribution is -2.39. The van der Waals surface area contributed by atoms with Crippen molar-refractivity contribution in [2.75, 3.05) is 25.9 Å². The van der Waals surface area contributed by atoms with Gasteiger partial charge in [0, 0.05) is 13.6 Å². The lowest BCUT2D eigenvalue weighted by atomic mass is 10.3. The van der Waals surface area contributed by atoms with Crippen molar-refractivity contribution in [3.8, 4) is 0 Å². The Morgan fingerprint density at radius 2 is 2.11 bits per heavy atom. The molecule has 0 heterocycles. The van der Waals surface area contributed by atoms with E-state index in [0.717, 1.165) is 16.4 Å². The average molecular weight is 289 g/mol. The molecule has 0 aromatic heterocycles. The molecule has 6 nitrogen and oxygen atoms in total. The number of carbonyl (C=O) groups is 1. The van der Waals surface area contributed by atoms with Gasteiger partial charge in [-0.25, -0.2) is 12.8 Å². The van der Waals surface area contributed by atoms with Gasteiger partial charge in [-0.2, -0.15) is 4.31 Å². The number of halogens is 1. The van der Waals surface area contributed by atoms with Crippen LogP contribution in [-0.4, -0.2) is 38.8 Å². The minimum absolute atomic E-state index is 0.0586. The fourth-order valence-electron chi connectivity index (χ4n) is 1.48. The predicted molar refractivity (Wildman–Crippen MR) is 69.3 cm³/mol. The van der Waals surface area contributed by atoms with Crippen molar-refractivity contribution in [3.05, 3.63) is 24.0 Å². The summed E-state index contributed by atoms with van der Waals surface area (Å²) in [5, 5.41) is 2.33. The van der Waals surface area contributed by atoms with Crippen molar-refractivity contribution >= 4 is 21.6 Å². The van der Waals surface area contributed by atoms with E-state index in [4.69, 9.17) is 5.73 Å². The first kappa shape index (κ1) is 15.4. The highest BCUT2D eigenvalue weighted by Crippen LogP contribution is 2.23. The summed E-state index contributed by atoms with van der Waals surface area (Å²) < 4.78 is 38.7. The van der Waals surface area contributed by atoms with E-state index in [1.807, 2.05) is 0 Å². The van der Waals surface area contributed by atoms with Gasteiger partial charge in [0.25, 0.3) is 0 Å². The lowest BCUT2D eigenvalue weighted by Gasteiger charge is -2.20. The second kappa shape index (κ2) is 5.98. The molecule has 0 saturated carbocycles. The molecule has 0 saturated heterocycles. The van der Waals surface area contributed by atoms with Gasteiger partial charge in [-0.15, -0.1) is 0 Å². The van der Waals surface area contributed by atoms with Crippen LogP contribution in [0.3, 0.4) is 0 Å². The van der Waals surface area contributed by atoms with Crippen LogP contribution < -0.4 is 11.1 Å². The number of nitrogen functional groups attached to an aromatic ring is 1. The Morgan fingerprint density at radius 3 is 2.63 bits per heavy atom. The van der Waals surface area contributed by atoms with Crippen LogP contribution in [0.2, 0.25) is 0 Å². The van der Waals surface area contributed by atoms with E-state index < -0.39 is 21.7 Å². The molecule has 1 aromatic rings.